The van der Waals surface area contributed by atoms with Crippen LogP contribution < -0.4 is 4.57 Å². The smallest absolute Gasteiger partial charge is 0.419 e. The van der Waals surface area contributed by atoms with E-state index in [0.29, 0.717) is 0 Å². The molecule has 0 fully saturated rings. The third kappa shape index (κ3) is 6.03. The van der Waals surface area contributed by atoms with Crippen molar-refractivity contribution in [3.05, 3.63) is 60.7 Å². The molecule has 0 saturated heterocycles. The Hall–Kier alpha value is -1.19. The lowest BCUT2D eigenvalue weighted by Gasteiger charge is -2.37. The van der Waals surface area contributed by atoms with Crippen LogP contribution in [0.4, 0.5) is 11.4 Å². The summed E-state index contributed by atoms with van der Waals surface area (Å²) in [5, 5.41) is 0. The molecule has 0 unspecified atom stereocenters. The maximum atomic E-state index is 6.56. The van der Waals surface area contributed by atoms with Crippen LogP contribution in [0, 0.1) is 0 Å². The molecule has 0 aromatic heterocycles. The summed E-state index contributed by atoms with van der Waals surface area (Å²) in [5.74, 6) is 0. The van der Waals surface area contributed by atoms with E-state index in [1.807, 2.05) is 12.1 Å². The molecule has 2 rings (SSSR count). The number of anilines is 2. The second-order valence-electron chi connectivity index (χ2n) is 7.70. The predicted octanol–water partition coefficient (Wildman–Crippen LogP) is 5.51. The topological polar surface area (TPSA) is 21.7 Å². The molecular formula is C18H28NO2Si3. The van der Waals surface area contributed by atoms with E-state index in [1.54, 1.807) is 0 Å². The third-order valence-corrected chi connectivity index (χ3v) is 10.2. The zero-order valence-corrected chi connectivity index (χ0v) is 18.5. The molecule has 2 aromatic rings. The highest BCUT2D eigenvalue weighted by Crippen LogP contribution is 2.29. The first-order valence-electron chi connectivity index (χ1n) is 8.31. The Balaban J connectivity index is 2.48. The zero-order chi connectivity index (χ0) is 17.8. The lowest BCUT2D eigenvalue weighted by atomic mass is 10.3. The van der Waals surface area contributed by atoms with Crippen molar-refractivity contribution < 1.29 is 8.23 Å². The van der Waals surface area contributed by atoms with Gasteiger partial charge in [0.2, 0.25) is 0 Å². The lowest BCUT2D eigenvalue weighted by Crippen LogP contribution is -2.52. The summed E-state index contributed by atoms with van der Waals surface area (Å²) < 4.78 is 15.4. The second-order valence-corrected chi connectivity index (χ2v) is 18.8. The summed E-state index contributed by atoms with van der Waals surface area (Å²) in [6.45, 7) is 13.3. The largest absolute Gasteiger partial charge is 0.511 e. The highest BCUT2D eigenvalue weighted by molar-refractivity contribution is 6.82. The van der Waals surface area contributed by atoms with Crippen LogP contribution in [-0.4, -0.2) is 26.1 Å². The van der Waals surface area contributed by atoms with E-state index in [2.05, 4.69) is 92.4 Å². The van der Waals surface area contributed by atoms with Crippen LogP contribution >= 0.6 is 0 Å². The van der Waals surface area contributed by atoms with Crippen LogP contribution in [0.2, 0.25) is 39.3 Å². The molecular weight excluding hydrogens is 346 g/mol. The minimum absolute atomic E-state index is 1.12. The molecule has 0 amide bonds. The number of benzene rings is 2. The minimum Gasteiger partial charge on any atom is -0.419 e. The van der Waals surface area contributed by atoms with Gasteiger partial charge in [-0.2, -0.15) is 0 Å². The molecule has 0 aliphatic heterocycles. The first-order chi connectivity index (χ1) is 11.2. The Morgan fingerprint density at radius 3 is 1.25 bits per heavy atom. The second kappa shape index (κ2) is 7.79. The molecule has 1 radical (unpaired) electrons. The van der Waals surface area contributed by atoms with Crippen molar-refractivity contribution in [1.29, 1.82) is 0 Å². The van der Waals surface area contributed by atoms with Crippen molar-refractivity contribution in [2.24, 2.45) is 0 Å². The number of hydrogen-bond acceptors (Lipinski definition) is 3. The molecule has 0 N–H and O–H groups in total. The maximum Gasteiger partial charge on any atom is 0.511 e. The van der Waals surface area contributed by atoms with Crippen molar-refractivity contribution >= 4 is 37.5 Å². The van der Waals surface area contributed by atoms with Gasteiger partial charge in [0.15, 0.2) is 16.6 Å². The van der Waals surface area contributed by atoms with Crippen molar-refractivity contribution in [2.45, 2.75) is 39.3 Å². The van der Waals surface area contributed by atoms with Gasteiger partial charge in [0.25, 0.3) is 0 Å². The number of para-hydroxylation sites is 2. The van der Waals surface area contributed by atoms with Gasteiger partial charge in [-0.3, -0.25) is 0 Å². The number of rotatable bonds is 7. The molecule has 0 spiro atoms. The molecule has 24 heavy (non-hydrogen) atoms. The quantitative estimate of drug-likeness (QED) is 0.596. The van der Waals surface area contributed by atoms with E-state index < -0.39 is 26.1 Å². The average Bonchev–Trinajstić information content (AvgIpc) is 2.46. The predicted molar refractivity (Wildman–Crippen MR) is 110 cm³/mol. The average molecular weight is 375 g/mol. The Morgan fingerprint density at radius 2 is 0.958 bits per heavy atom. The summed E-state index contributed by atoms with van der Waals surface area (Å²) in [6.07, 6.45) is 0. The number of hydrogen-bond donors (Lipinski definition) is 0. The standard InChI is InChI=1S/C18H28NO2Si3/c1-23(2,3)20-22(21-24(4,5)6)19(17-13-9-7-10-14-17)18-15-11-8-12-16-18/h7-16H,1-6H3. The van der Waals surface area contributed by atoms with E-state index in [0.717, 1.165) is 11.4 Å². The van der Waals surface area contributed by atoms with E-state index in [-0.39, 0.29) is 0 Å². The Morgan fingerprint density at radius 1 is 0.625 bits per heavy atom. The van der Waals surface area contributed by atoms with Crippen molar-refractivity contribution in [2.75, 3.05) is 4.57 Å². The van der Waals surface area contributed by atoms with Gasteiger partial charge < -0.3 is 12.8 Å². The maximum absolute atomic E-state index is 6.56. The molecule has 0 atom stereocenters. The first-order valence-corrected chi connectivity index (χ1v) is 16.4. The van der Waals surface area contributed by atoms with E-state index in [1.165, 1.54) is 0 Å². The highest BCUT2D eigenvalue weighted by Gasteiger charge is 2.37. The fraction of sp³-hybridized carbons (Fsp3) is 0.333. The van der Waals surface area contributed by atoms with Crippen molar-refractivity contribution in [1.82, 2.24) is 0 Å². The molecule has 6 heteroatoms. The van der Waals surface area contributed by atoms with Gasteiger partial charge in [0.1, 0.15) is 0 Å². The molecule has 129 valence electrons. The third-order valence-electron chi connectivity index (χ3n) is 3.00. The highest BCUT2D eigenvalue weighted by atomic mass is 28.5. The fourth-order valence-corrected chi connectivity index (χ4v) is 8.33. The van der Waals surface area contributed by atoms with E-state index in [4.69, 9.17) is 8.23 Å². The summed E-state index contributed by atoms with van der Waals surface area (Å²) in [4.78, 5) is 0. The first kappa shape index (κ1) is 19.1. The van der Waals surface area contributed by atoms with E-state index >= 15 is 0 Å². The minimum atomic E-state index is -1.75. The van der Waals surface area contributed by atoms with Crippen molar-refractivity contribution in [3.8, 4) is 0 Å². The van der Waals surface area contributed by atoms with Gasteiger partial charge in [-0.15, -0.1) is 0 Å². The molecule has 0 aliphatic rings. The normalized spacial score (nSPS) is 12.5. The molecule has 2 aromatic carbocycles. The monoisotopic (exact) mass is 374 g/mol. The molecule has 0 saturated carbocycles. The van der Waals surface area contributed by atoms with Crippen LogP contribution in [0.25, 0.3) is 0 Å². The van der Waals surface area contributed by atoms with E-state index in [9.17, 15) is 0 Å². The molecule has 3 nitrogen and oxygen atoms in total. The Labute approximate surface area is 150 Å². The van der Waals surface area contributed by atoms with Gasteiger partial charge in [-0.1, -0.05) is 36.4 Å². The van der Waals surface area contributed by atoms with Gasteiger partial charge in [0.05, 0.1) is 0 Å². The Kier molecular flexibility index (Phi) is 6.22. The summed E-state index contributed by atoms with van der Waals surface area (Å²) >= 11 is 0. The summed E-state index contributed by atoms with van der Waals surface area (Å²) in [7, 11) is -5.14. The zero-order valence-electron chi connectivity index (χ0n) is 15.5. The Bertz CT molecular complexity index is 569. The van der Waals surface area contributed by atoms with Crippen LogP contribution in [0.15, 0.2) is 60.7 Å². The summed E-state index contributed by atoms with van der Waals surface area (Å²) in [6, 6.07) is 20.8. The van der Waals surface area contributed by atoms with Gasteiger partial charge in [-0.25, -0.2) is 0 Å². The van der Waals surface area contributed by atoms with Crippen LogP contribution in [0.5, 0.6) is 0 Å². The van der Waals surface area contributed by atoms with Gasteiger partial charge in [-0.05, 0) is 63.5 Å². The van der Waals surface area contributed by atoms with Gasteiger partial charge >= 0.3 is 9.45 Å². The summed E-state index contributed by atoms with van der Waals surface area (Å²) in [5.41, 5.74) is 2.24. The number of nitrogens with zero attached hydrogens (tertiary/aromatic N) is 1. The molecule has 0 aliphatic carbocycles. The fourth-order valence-electron chi connectivity index (χ4n) is 2.15. The van der Waals surface area contributed by atoms with Gasteiger partial charge in [0, 0.05) is 11.4 Å². The molecule has 0 bridgehead atoms. The van der Waals surface area contributed by atoms with Crippen LogP contribution in [0.3, 0.4) is 0 Å². The molecule has 0 heterocycles. The SMILES string of the molecule is C[Si](C)(C)O[Si](O[Si](C)(C)C)N(c1ccccc1)c1ccccc1. The van der Waals surface area contributed by atoms with Crippen molar-refractivity contribution in [3.63, 3.8) is 0 Å². The van der Waals surface area contributed by atoms with Crippen LogP contribution in [-0.2, 0) is 8.23 Å². The lowest BCUT2D eigenvalue weighted by molar-refractivity contribution is 0.419. The van der Waals surface area contributed by atoms with Crippen LogP contribution in [0.1, 0.15) is 0 Å².